The highest BCUT2D eigenvalue weighted by Crippen LogP contribution is 2.44. The molecule has 0 fully saturated rings. The van der Waals surface area contributed by atoms with Gasteiger partial charge in [-0.05, 0) is 55.8 Å². The number of rotatable bonds is 8. The van der Waals surface area contributed by atoms with Crippen molar-refractivity contribution in [3.63, 3.8) is 0 Å². The number of nitrogens with zero attached hydrogens (tertiary/aromatic N) is 1. The maximum absolute atomic E-state index is 12.8. The van der Waals surface area contributed by atoms with Gasteiger partial charge in [-0.3, -0.25) is 14.5 Å². The molecule has 4 aromatic heterocycles. The number of carbonyl (C=O) groups is 2. The topological polar surface area (TPSA) is 37.4 Å². The Morgan fingerprint density at radius 2 is 1.28 bits per heavy atom. The molecule has 0 unspecified atom stereocenters. The van der Waals surface area contributed by atoms with Crippen LogP contribution in [0.3, 0.4) is 0 Å². The number of hydrogen-bond acceptors (Lipinski definition) is 6. The highest BCUT2D eigenvalue weighted by Gasteiger charge is 2.37. The number of carbonyl (C=O) groups excluding carboxylic acids is 2. The SMILES string of the molecule is CCCCCCN1C(=O)c2cc(-c3ccc(-c4ccc(-c5ccc(C)s5)s4)s3)sc2C1=O. The van der Waals surface area contributed by atoms with Crippen LogP contribution < -0.4 is 0 Å². The molecule has 0 aliphatic carbocycles. The fourth-order valence-corrected chi connectivity index (χ4v) is 8.10. The van der Waals surface area contributed by atoms with E-state index in [0.29, 0.717) is 17.0 Å². The molecule has 0 atom stereocenters. The maximum atomic E-state index is 12.8. The van der Waals surface area contributed by atoms with Crippen LogP contribution in [-0.2, 0) is 0 Å². The van der Waals surface area contributed by atoms with Crippen molar-refractivity contribution < 1.29 is 9.59 Å². The summed E-state index contributed by atoms with van der Waals surface area (Å²) in [6.07, 6.45) is 4.22. The minimum Gasteiger partial charge on any atom is -0.274 e. The van der Waals surface area contributed by atoms with Gasteiger partial charge >= 0.3 is 0 Å². The Bertz CT molecular complexity index is 1260. The maximum Gasteiger partial charge on any atom is 0.271 e. The lowest BCUT2D eigenvalue weighted by Gasteiger charge is -2.13. The Hall–Kier alpha value is -2.06. The van der Waals surface area contributed by atoms with E-state index in [1.165, 1.54) is 40.6 Å². The van der Waals surface area contributed by atoms with E-state index in [1.807, 2.05) is 17.4 Å². The number of amides is 2. The summed E-state index contributed by atoms with van der Waals surface area (Å²) in [5.41, 5.74) is 0.576. The quantitative estimate of drug-likeness (QED) is 0.181. The predicted molar refractivity (Wildman–Crippen MR) is 139 cm³/mol. The summed E-state index contributed by atoms with van der Waals surface area (Å²) < 4.78 is 0. The molecule has 0 bridgehead atoms. The molecule has 5 rings (SSSR count). The van der Waals surface area contributed by atoms with E-state index in [4.69, 9.17) is 0 Å². The second-order valence-corrected chi connectivity index (χ2v) is 12.4. The normalized spacial score (nSPS) is 13.4. The number of aryl methyl sites for hydroxylation is 1. The van der Waals surface area contributed by atoms with Gasteiger partial charge in [0.15, 0.2) is 0 Å². The minimum absolute atomic E-state index is 0.122. The van der Waals surface area contributed by atoms with Gasteiger partial charge in [0.25, 0.3) is 11.8 Å². The standard InChI is InChI=1S/C25H23NO2S4/c1-3-4-5-6-13-26-24(27)16-14-22(32-23(16)25(26)28)21-12-11-20(31-21)19-10-9-18(30-19)17-8-7-15(2)29-17/h7-12,14H,3-6,13H2,1-2H3. The largest absolute Gasteiger partial charge is 0.274 e. The average Bonchev–Trinajstić information content (AvgIpc) is 3.58. The van der Waals surface area contributed by atoms with Crippen LogP contribution in [0.4, 0.5) is 0 Å². The summed E-state index contributed by atoms with van der Waals surface area (Å²) >= 11 is 6.80. The number of hydrogen-bond donors (Lipinski definition) is 0. The number of imide groups is 1. The van der Waals surface area contributed by atoms with Crippen molar-refractivity contribution in [2.24, 2.45) is 0 Å². The van der Waals surface area contributed by atoms with E-state index in [2.05, 4.69) is 50.2 Å². The van der Waals surface area contributed by atoms with Crippen LogP contribution in [0.1, 0.15) is 57.5 Å². The molecule has 0 saturated carbocycles. The van der Waals surface area contributed by atoms with E-state index in [1.54, 1.807) is 22.7 Å². The second kappa shape index (κ2) is 9.06. The van der Waals surface area contributed by atoms with E-state index < -0.39 is 0 Å². The molecule has 1 aliphatic rings. The van der Waals surface area contributed by atoms with Crippen LogP contribution in [0, 0.1) is 6.92 Å². The van der Waals surface area contributed by atoms with Gasteiger partial charge in [0, 0.05) is 40.7 Å². The van der Waals surface area contributed by atoms with Crippen LogP contribution in [0.15, 0.2) is 42.5 Å². The van der Waals surface area contributed by atoms with Crippen molar-refractivity contribution >= 4 is 57.2 Å². The Kier molecular flexibility index (Phi) is 6.16. The second-order valence-electron chi connectivity index (χ2n) is 7.91. The molecule has 4 aromatic rings. The lowest BCUT2D eigenvalue weighted by molar-refractivity contribution is 0.0653. The molecule has 0 spiro atoms. The zero-order valence-electron chi connectivity index (χ0n) is 18.0. The van der Waals surface area contributed by atoms with E-state index in [0.717, 1.165) is 35.4 Å². The molecule has 3 nitrogen and oxygen atoms in total. The van der Waals surface area contributed by atoms with Gasteiger partial charge in [0.05, 0.1) is 5.56 Å². The first kappa shape index (κ1) is 21.8. The van der Waals surface area contributed by atoms with Crippen LogP contribution >= 0.6 is 45.3 Å². The highest BCUT2D eigenvalue weighted by molar-refractivity contribution is 7.28. The lowest BCUT2D eigenvalue weighted by Crippen LogP contribution is -2.30. The summed E-state index contributed by atoms with van der Waals surface area (Å²) in [5.74, 6) is -0.251. The van der Waals surface area contributed by atoms with Crippen LogP contribution in [-0.4, -0.2) is 23.3 Å². The van der Waals surface area contributed by atoms with Crippen molar-refractivity contribution in [2.45, 2.75) is 39.5 Å². The van der Waals surface area contributed by atoms with Gasteiger partial charge in [0.1, 0.15) is 4.88 Å². The summed E-state index contributed by atoms with van der Waals surface area (Å²) in [7, 11) is 0. The van der Waals surface area contributed by atoms with Crippen molar-refractivity contribution in [3.8, 4) is 29.3 Å². The van der Waals surface area contributed by atoms with Gasteiger partial charge in [-0.1, -0.05) is 26.2 Å². The molecule has 0 N–H and O–H groups in total. The minimum atomic E-state index is -0.130. The third-order valence-electron chi connectivity index (χ3n) is 5.56. The first-order chi connectivity index (χ1) is 15.5. The van der Waals surface area contributed by atoms with Crippen LogP contribution in [0.25, 0.3) is 29.3 Å². The fourth-order valence-electron chi connectivity index (χ4n) is 3.86. The molecule has 2 amide bonds. The Morgan fingerprint density at radius 1 is 0.688 bits per heavy atom. The van der Waals surface area contributed by atoms with Crippen molar-refractivity contribution in [1.82, 2.24) is 4.90 Å². The Balaban J connectivity index is 1.33. The Morgan fingerprint density at radius 3 is 1.84 bits per heavy atom. The predicted octanol–water partition coefficient (Wildman–Crippen LogP) is 8.42. The van der Waals surface area contributed by atoms with Gasteiger partial charge in [0.2, 0.25) is 0 Å². The molecule has 164 valence electrons. The van der Waals surface area contributed by atoms with Gasteiger partial charge < -0.3 is 0 Å². The monoisotopic (exact) mass is 497 g/mol. The Labute approximate surface area is 204 Å². The molecular formula is C25H23NO2S4. The third-order valence-corrected chi connectivity index (χ3v) is 10.4. The zero-order valence-corrected chi connectivity index (χ0v) is 21.2. The molecule has 0 aromatic carbocycles. The first-order valence-corrected chi connectivity index (χ1v) is 14.1. The first-order valence-electron chi connectivity index (χ1n) is 10.8. The highest BCUT2D eigenvalue weighted by atomic mass is 32.1. The number of fused-ring (bicyclic) bond motifs is 1. The van der Waals surface area contributed by atoms with Crippen molar-refractivity contribution in [1.29, 1.82) is 0 Å². The molecule has 0 saturated heterocycles. The summed E-state index contributed by atoms with van der Waals surface area (Å²) in [5, 5.41) is 0. The van der Waals surface area contributed by atoms with Gasteiger partial charge in [-0.15, -0.1) is 45.3 Å². The van der Waals surface area contributed by atoms with E-state index in [9.17, 15) is 9.59 Å². The van der Waals surface area contributed by atoms with Crippen molar-refractivity contribution in [2.75, 3.05) is 6.54 Å². The zero-order chi connectivity index (χ0) is 22.2. The van der Waals surface area contributed by atoms with E-state index >= 15 is 0 Å². The summed E-state index contributed by atoms with van der Waals surface area (Å²) in [6.45, 7) is 4.82. The summed E-state index contributed by atoms with van der Waals surface area (Å²) in [6, 6.07) is 14.9. The summed E-state index contributed by atoms with van der Waals surface area (Å²) in [4.78, 5) is 36.1. The van der Waals surface area contributed by atoms with E-state index in [-0.39, 0.29) is 11.8 Å². The molecular weight excluding hydrogens is 475 g/mol. The average molecular weight is 498 g/mol. The smallest absolute Gasteiger partial charge is 0.271 e. The van der Waals surface area contributed by atoms with Gasteiger partial charge in [-0.25, -0.2) is 0 Å². The lowest BCUT2D eigenvalue weighted by atomic mass is 10.2. The number of thiophene rings is 4. The molecule has 0 radical (unpaired) electrons. The van der Waals surface area contributed by atoms with Crippen LogP contribution in [0.2, 0.25) is 0 Å². The van der Waals surface area contributed by atoms with Crippen molar-refractivity contribution in [3.05, 3.63) is 57.8 Å². The number of unbranched alkanes of at least 4 members (excludes halogenated alkanes) is 3. The molecule has 32 heavy (non-hydrogen) atoms. The molecule has 7 heteroatoms. The van der Waals surface area contributed by atoms with Gasteiger partial charge in [-0.2, -0.15) is 0 Å². The molecule has 5 heterocycles. The van der Waals surface area contributed by atoms with Crippen LogP contribution in [0.5, 0.6) is 0 Å². The third kappa shape index (κ3) is 4.03. The molecule has 1 aliphatic heterocycles. The fraction of sp³-hybridized carbons (Fsp3) is 0.280.